The van der Waals surface area contributed by atoms with Crippen molar-refractivity contribution in [1.29, 1.82) is 0 Å². The third-order valence-electron chi connectivity index (χ3n) is 10.5. The van der Waals surface area contributed by atoms with Crippen LogP contribution in [0, 0.1) is 13.8 Å². The Morgan fingerprint density at radius 2 is 1.35 bits per heavy atom. The van der Waals surface area contributed by atoms with E-state index in [1.165, 1.54) is 14.2 Å². The number of fused-ring (bicyclic) bond motifs is 4. The minimum absolute atomic E-state index is 0.0253. The molecular weight excluding hydrogens is 767 g/mol. The number of rotatable bonds is 13. The molecule has 0 saturated carbocycles. The van der Waals surface area contributed by atoms with Crippen LogP contribution in [-0.4, -0.2) is 112 Å². The maximum Gasteiger partial charge on any atom is 0.307 e. The van der Waals surface area contributed by atoms with Crippen molar-refractivity contribution >= 4 is 34.3 Å². The molecule has 2 heterocycles. The molecule has 0 radical (unpaired) electrons. The fraction of sp³-hybridized carbons (Fsp3) is 0.426. The lowest BCUT2D eigenvalue weighted by atomic mass is 9.93. The number of carbonyl (C=O) groups is 2. The highest BCUT2D eigenvalue weighted by Gasteiger charge is 2.22. The first-order valence-corrected chi connectivity index (χ1v) is 20.4. The average molecular weight is 824 g/mol. The molecule has 60 heavy (non-hydrogen) atoms. The molecule has 1 atom stereocenters. The molecular formula is C47H57N3O10. The van der Waals surface area contributed by atoms with Gasteiger partial charge in [-0.15, -0.1) is 0 Å². The lowest BCUT2D eigenvalue weighted by Crippen LogP contribution is -2.33. The van der Waals surface area contributed by atoms with Gasteiger partial charge in [-0.2, -0.15) is 0 Å². The van der Waals surface area contributed by atoms with Gasteiger partial charge in [0.1, 0.15) is 36.1 Å². The van der Waals surface area contributed by atoms with E-state index in [-0.39, 0.29) is 18.8 Å². The summed E-state index contributed by atoms with van der Waals surface area (Å²) in [6.45, 7) is 9.49. The second-order valence-electron chi connectivity index (χ2n) is 14.8. The van der Waals surface area contributed by atoms with Gasteiger partial charge in [-0.1, -0.05) is 24.3 Å². The van der Waals surface area contributed by atoms with Crippen molar-refractivity contribution in [1.82, 2.24) is 0 Å². The predicted molar refractivity (Wildman–Crippen MR) is 231 cm³/mol. The molecule has 0 fully saturated rings. The second kappa shape index (κ2) is 21.6. The Bertz CT molecular complexity index is 2260. The molecule has 1 aliphatic carbocycles. The lowest BCUT2D eigenvalue weighted by Gasteiger charge is -2.28. The van der Waals surface area contributed by atoms with E-state index in [0.29, 0.717) is 94.7 Å². The number of nitrogens with zero attached hydrogens (tertiary/aromatic N) is 3. The zero-order chi connectivity index (χ0) is 42.4. The predicted octanol–water partition coefficient (Wildman–Crippen LogP) is 7.00. The van der Waals surface area contributed by atoms with Gasteiger partial charge in [0.15, 0.2) is 0 Å². The molecule has 3 aliphatic rings. The minimum atomic E-state index is -0.496. The van der Waals surface area contributed by atoms with E-state index in [2.05, 4.69) is 65.3 Å². The third kappa shape index (κ3) is 11.3. The standard InChI is InChI=1S/C47H57N3O10/c1-32-7-12-37-41(27-32)60-42-30-35(48-36(31-46(52)56-6)11-16-45(51)55-5)10-13-38(42)47(37)34-9-15-40-44(29-34)59-26-25-58-43-28-33(2)8-14-39(43)49(17-21-53-3)19-23-57-24-20-50(40)18-22-54-4/h7-10,12-15,27-30,36H,11,16-26,31H2,1-6H3. The van der Waals surface area contributed by atoms with Crippen molar-refractivity contribution < 1.29 is 47.2 Å². The van der Waals surface area contributed by atoms with Gasteiger partial charge in [0.2, 0.25) is 0 Å². The van der Waals surface area contributed by atoms with E-state index in [1.54, 1.807) is 14.2 Å². The molecule has 2 aliphatic heterocycles. The van der Waals surface area contributed by atoms with Crippen molar-refractivity contribution in [2.75, 3.05) is 104 Å². The largest absolute Gasteiger partial charge is 0.488 e. The van der Waals surface area contributed by atoms with Crippen LogP contribution in [0.3, 0.4) is 0 Å². The Labute approximate surface area is 352 Å². The molecule has 3 aromatic rings. The molecule has 320 valence electrons. The molecule has 6 rings (SSSR count). The van der Waals surface area contributed by atoms with Crippen LogP contribution in [0.5, 0.6) is 11.5 Å². The quantitative estimate of drug-likeness (QED) is 0.0896. The summed E-state index contributed by atoms with van der Waals surface area (Å²) >= 11 is 0. The third-order valence-corrected chi connectivity index (χ3v) is 10.5. The van der Waals surface area contributed by atoms with Crippen molar-refractivity contribution in [3.05, 3.63) is 89.3 Å². The lowest BCUT2D eigenvalue weighted by molar-refractivity contribution is -0.143. The fourth-order valence-electron chi connectivity index (χ4n) is 7.37. The number of carbonyl (C=O) groups excluding carboxylic acids is 2. The van der Waals surface area contributed by atoms with Crippen LogP contribution in [-0.2, 0) is 33.3 Å². The molecule has 13 heteroatoms. The van der Waals surface area contributed by atoms with Gasteiger partial charge in [0, 0.05) is 69.4 Å². The van der Waals surface area contributed by atoms with Crippen molar-refractivity contribution in [3.8, 4) is 33.9 Å². The maximum absolute atomic E-state index is 12.3. The van der Waals surface area contributed by atoms with Crippen molar-refractivity contribution in [3.63, 3.8) is 0 Å². The van der Waals surface area contributed by atoms with Gasteiger partial charge in [-0.3, -0.25) is 14.6 Å². The second-order valence-corrected chi connectivity index (χ2v) is 14.8. The van der Waals surface area contributed by atoms with Crippen LogP contribution in [0.1, 0.15) is 30.4 Å². The Balaban J connectivity index is 1.41. The number of esters is 2. The molecule has 0 spiro atoms. The molecule has 13 nitrogen and oxygen atoms in total. The number of benzene rings is 4. The van der Waals surface area contributed by atoms with E-state index in [4.69, 9.17) is 42.6 Å². The van der Waals surface area contributed by atoms with Crippen LogP contribution in [0.25, 0.3) is 33.4 Å². The normalized spacial score (nSPS) is 14.7. The van der Waals surface area contributed by atoms with E-state index in [0.717, 1.165) is 50.3 Å². The number of ether oxygens (including phenoxy) is 7. The summed E-state index contributed by atoms with van der Waals surface area (Å²) in [5.74, 6) is 1.32. The molecule has 0 aromatic heterocycles. The molecule has 3 aromatic carbocycles. The fourth-order valence-corrected chi connectivity index (χ4v) is 7.37. The number of hydrogen-bond acceptors (Lipinski definition) is 13. The smallest absolute Gasteiger partial charge is 0.307 e. The van der Waals surface area contributed by atoms with Crippen LogP contribution in [0.2, 0.25) is 0 Å². The molecule has 1 unspecified atom stereocenters. The Morgan fingerprint density at radius 3 is 2.02 bits per heavy atom. The molecule has 0 amide bonds. The van der Waals surface area contributed by atoms with Crippen LogP contribution in [0.15, 0.2) is 82.2 Å². The molecule has 0 N–H and O–H groups in total. The van der Waals surface area contributed by atoms with Gasteiger partial charge < -0.3 is 47.4 Å². The number of aryl methyl sites for hydroxylation is 2. The van der Waals surface area contributed by atoms with Gasteiger partial charge in [0.05, 0.1) is 69.8 Å². The number of methoxy groups -OCH3 is 4. The van der Waals surface area contributed by atoms with E-state index >= 15 is 0 Å². The molecule has 0 bridgehead atoms. The van der Waals surface area contributed by atoms with Gasteiger partial charge in [0.25, 0.3) is 0 Å². The number of anilines is 2. The van der Waals surface area contributed by atoms with Crippen molar-refractivity contribution in [2.24, 2.45) is 4.99 Å². The summed E-state index contributed by atoms with van der Waals surface area (Å²) in [5, 5.41) is 1.55. The zero-order valence-electron chi connectivity index (χ0n) is 35.6. The highest BCUT2D eigenvalue weighted by atomic mass is 16.5. The van der Waals surface area contributed by atoms with Crippen LogP contribution < -0.4 is 24.6 Å². The summed E-state index contributed by atoms with van der Waals surface area (Å²) in [6, 6.07) is 24.0. The van der Waals surface area contributed by atoms with Gasteiger partial charge in [-0.25, -0.2) is 0 Å². The molecule has 0 saturated heterocycles. The highest BCUT2D eigenvalue weighted by Crippen LogP contribution is 2.43. The zero-order valence-corrected chi connectivity index (χ0v) is 35.6. The van der Waals surface area contributed by atoms with Gasteiger partial charge in [-0.05, 0) is 79.4 Å². The average Bonchev–Trinajstić information content (AvgIpc) is 3.25. The number of hydrogen-bond donors (Lipinski definition) is 0. The maximum atomic E-state index is 12.3. The topological polar surface area (TPSA) is 131 Å². The highest BCUT2D eigenvalue weighted by molar-refractivity contribution is 6.02. The van der Waals surface area contributed by atoms with Crippen LogP contribution >= 0.6 is 0 Å². The van der Waals surface area contributed by atoms with E-state index in [1.807, 2.05) is 31.2 Å². The first-order valence-electron chi connectivity index (χ1n) is 20.4. The Kier molecular flexibility index (Phi) is 15.8. The summed E-state index contributed by atoms with van der Waals surface area (Å²) in [5.41, 5.74) is 7.55. The van der Waals surface area contributed by atoms with E-state index in [9.17, 15) is 9.59 Å². The van der Waals surface area contributed by atoms with Gasteiger partial charge >= 0.3 is 11.9 Å². The summed E-state index contributed by atoms with van der Waals surface area (Å²) in [4.78, 5) is 33.6. The Morgan fingerprint density at radius 1 is 0.717 bits per heavy atom. The summed E-state index contributed by atoms with van der Waals surface area (Å²) in [6.07, 6.45) is 0.472. The van der Waals surface area contributed by atoms with Crippen molar-refractivity contribution in [2.45, 2.75) is 39.2 Å². The summed E-state index contributed by atoms with van der Waals surface area (Å²) in [7, 11) is 6.09. The first kappa shape index (κ1) is 43.9. The SMILES string of the molecule is COCCN1CCOCCN(CCOC)c2ccc(-c3c4ccc(=NC(CCC(=O)OC)CC(=O)OC)cc-4oc4cc(C)ccc34)cc2OCCOc2cc(C)ccc21. The summed E-state index contributed by atoms with van der Waals surface area (Å²) < 4.78 is 46.7. The minimum Gasteiger partial charge on any atom is -0.488 e. The monoisotopic (exact) mass is 823 g/mol. The van der Waals surface area contributed by atoms with E-state index < -0.39 is 12.0 Å². The van der Waals surface area contributed by atoms with Crippen LogP contribution in [0.4, 0.5) is 11.4 Å². The Hall–Kier alpha value is -5.63. The first-order chi connectivity index (χ1) is 29.2.